The molecule has 0 fully saturated rings. The molecule has 3 N–H and O–H groups in total. The van der Waals surface area contributed by atoms with Crippen LogP contribution in [0.25, 0.3) is 0 Å². The molecule has 0 radical (unpaired) electrons. The number of hydrogen-bond acceptors (Lipinski definition) is 5. The number of nitrogens with one attached hydrogen (secondary N) is 1. The maximum atomic E-state index is 13.0. The molecule has 0 saturated carbocycles. The van der Waals surface area contributed by atoms with Crippen molar-refractivity contribution in [3.63, 3.8) is 0 Å². The van der Waals surface area contributed by atoms with Gasteiger partial charge >= 0.3 is 7.82 Å². The molecule has 3 unspecified atom stereocenters. The Bertz CT molecular complexity index is 1460. The standard InChI is InChI=1S/C64H117N2O6P/c1-6-8-10-12-14-16-18-20-22-24-26-28-30-32-34-35-37-39-41-43-45-47-49-51-53-55-57-63(67)62(61-72-73(69,70)71-60-59-66(3,4)5)65-64(68)58-56-54-52-50-48-46-44-42-40-38-36-33-31-29-27-25-23-21-19-17-15-13-11-9-7-2/h9,11,15,17,21,23,27,29,33,36,47,49,55,57,62-63,67H,6-8,10,12-14,16,18-20,22,24-26,28,30-32,34-35,37-46,48,50-54,56,58-61H2,1-5H3,(H-,65,68,69,70)/p+1/b11-9-,17-15-,23-21-,29-27-,36-33-,49-47+,57-55+. The molecule has 0 saturated heterocycles. The minimum absolute atomic E-state index is 0.0513. The van der Waals surface area contributed by atoms with Crippen LogP contribution in [0.15, 0.2) is 85.1 Å². The van der Waals surface area contributed by atoms with E-state index < -0.39 is 20.0 Å². The third kappa shape index (κ3) is 57.2. The zero-order chi connectivity index (χ0) is 53.5. The van der Waals surface area contributed by atoms with Crippen LogP contribution in [0.5, 0.6) is 0 Å². The van der Waals surface area contributed by atoms with Crippen LogP contribution < -0.4 is 5.32 Å². The van der Waals surface area contributed by atoms with Gasteiger partial charge in [-0.05, 0) is 77.0 Å². The van der Waals surface area contributed by atoms with Gasteiger partial charge in [-0.15, -0.1) is 0 Å². The van der Waals surface area contributed by atoms with Crippen molar-refractivity contribution in [2.75, 3.05) is 40.9 Å². The summed E-state index contributed by atoms with van der Waals surface area (Å²) in [6, 6.07) is -0.873. The summed E-state index contributed by atoms with van der Waals surface area (Å²) in [4.78, 5) is 23.3. The molecule has 0 aliphatic heterocycles. The fraction of sp³-hybridized carbons (Fsp3) is 0.766. The first kappa shape index (κ1) is 70.7. The van der Waals surface area contributed by atoms with Gasteiger partial charge in [0.2, 0.25) is 5.91 Å². The van der Waals surface area contributed by atoms with Crippen molar-refractivity contribution in [1.29, 1.82) is 0 Å². The van der Waals surface area contributed by atoms with Crippen molar-refractivity contribution >= 4 is 13.7 Å². The minimum Gasteiger partial charge on any atom is -0.387 e. The number of rotatable bonds is 55. The highest BCUT2D eigenvalue weighted by Crippen LogP contribution is 2.43. The Kier molecular flexibility index (Phi) is 52.7. The summed E-state index contributed by atoms with van der Waals surface area (Å²) in [6.07, 6.45) is 77.0. The molecule has 0 aromatic rings. The average Bonchev–Trinajstić information content (AvgIpc) is 3.35. The maximum Gasteiger partial charge on any atom is 0.472 e. The quantitative estimate of drug-likeness (QED) is 0.0243. The third-order valence-electron chi connectivity index (χ3n) is 13.3. The third-order valence-corrected chi connectivity index (χ3v) is 14.3. The minimum atomic E-state index is -4.36. The summed E-state index contributed by atoms with van der Waals surface area (Å²) in [5, 5.41) is 13.9. The molecule has 0 bridgehead atoms. The molecule has 9 heteroatoms. The van der Waals surface area contributed by atoms with Crippen molar-refractivity contribution in [2.45, 2.75) is 276 Å². The summed E-state index contributed by atoms with van der Waals surface area (Å²) in [6.45, 7) is 4.69. The molecule has 0 aromatic carbocycles. The zero-order valence-corrected chi connectivity index (χ0v) is 49.3. The first-order valence-electron chi connectivity index (χ1n) is 30.5. The molecular formula is C64H118N2O6P+. The lowest BCUT2D eigenvalue weighted by Crippen LogP contribution is -2.45. The van der Waals surface area contributed by atoms with Crippen LogP contribution in [0.2, 0.25) is 0 Å². The Balaban J connectivity index is 4.25. The Labute approximate surface area is 452 Å². The van der Waals surface area contributed by atoms with E-state index in [4.69, 9.17) is 9.05 Å². The van der Waals surface area contributed by atoms with Crippen LogP contribution in [-0.2, 0) is 18.4 Å². The number of aliphatic hydroxyl groups is 1. The highest BCUT2D eigenvalue weighted by molar-refractivity contribution is 7.47. The number of phosphoric acid groups is 1. The molecule has 0 heterocycles. The number of likely N-dealkylation sites (N-methyl/N-ethyl adjacent to an activating group) is 1. The Hall–Kier alpha value is -2.32. The van der Waals surface area contributed by atoms with Gasteiger partial charge in [0.25, 0.3) is 0 Å². The van der Waals surface area contributed by atoms with E-state index in [0.29, 0.717) is 17.4 Å². The summed E-state index contributed by atoms with van der Waals surface area (Å²) in [5.74, 6) is -0.194. The van der Waals surface area contributed by atoms with E-state index in [0.717, 1.165) is 77.0 Å². The number of unbranched alkanes of at least 4 members (excludes halogenated alkanes) is 30. The average molecular weight is 1040 g/mol. The molecule has 0 rings (SSSR count). The van der Waals surface area contributed by atoms with Crippen LogP contribution in [0.4, 0.5) is 0 Å². The first-order valence-corrected chi connectivity index (χ1v) is 32.0. The number of allylic oxidation sites excluding steroid dienone is 13. The van der Waals surface area contributed by atoms with Gasteiger partial charge in [0, 0.05) is 6.42 Å². The van der Waals surface area contributed by atoms with Crippen molar-refractivity contribution in [1.82, 2.24) is 5.32 Å². The highest BCUT2D eigenvalue weighted by atomic mass is 31.2. The van der Waals surface area contributed by atoms with Crippen LogP contribution >= 0.6 is 7.82 Å². The number of aliphatic hydroxyl groups excluding tert-OH is 1. The van der Waals surface area contributed by atoms with Gasteiger partial charge in [0.05, 0.1) is 39.9 Å². The molecule has 0 aromatic heterocycles. The van der Waals surface area contributed by atoms with Gasteiger partial charge in [-0.2, -0.15) is 0 Å². The largest absolute Gasteiger partial charge is 0.472 e. The second kappa shape index (κ2) is 54.5. The molecule has 8 nitrogen and oxygen atoms in total. The molecule has 3 atom stereocenters. The fourth-order valence-electron chi connectivity index (χ4n) is 8.62. The van der Waals surface area contributed by atoms with Gasteiger partial charge in [-0.1, -0.05) is 266 Å². The lowest BCUT2D eigenvalue weighted by atomic mass is 10.0. The number of phosphoric ester groups is 1. The molecule has 0 spiro atoms. The molecule has 424 valence electrons. The van der Waals surface area contributed by atoms with Crippen LogP contribution in [-0.4, -0.2) is 73.4 Å². The van der Waals surface area contributed by atoms with Gasteiger partial charge in [-0.3, -0.25) is 13.8 Å². The monoisotopic (exact) mass is 1040 g/mol. The lowest BCUT2D eigenvalue weighted by Gasteiger charge is -2.25. The topological polar surface area (TPSA) is 105 Å². The second-order valence-corrected chi connectivity index (χ2v) is 23.1. The van der Waals surface area contributed by atoms with Crippen LogP contribution in [0.3, 0.4) is 0 Å². The smallest absolute Gasteiger partial charge is 0.387 e. The number of carbonyl (C=O) groups is 1. The van der Waals surface area contributed by atoms with E-state index >= 15 is 0 Å². The van der Waals surface area contributed by atoms with Gasteiger partial charge in [-0.25, -0.2) is 4.57 Å². The SMILES string of the molecule is CC/C=C\C/C=C\C/C=C\C/C=C\C/C=C\CCCCCCCCCCCC(=O)NC(COP(=O)(O)OCC[N+](C)(C)C)C(O)/C=C/CC/C=C/CCCCCCCCCCCCCCCCCCCCCC. The van der Waals surface area contributed by atoms with Crippen LogP contribution in [0, 0.1) is 0 Å². The normalized spacial score (nSPS) is 14.5. The maximum absolute atomic E-state index is 13.0. The molecule has 0 aliphatic rings. The molecule has 0 aliphatic carbocycles. The van der Waals surface area contributed by atoms with E-state index in [1.807, 2.05) is 27.2 Å². The van der Waals surface area contributed by atoms with E-state index in [1.54, 1.807) is 6.08 Å². The summed E-state index contributed by atoms with van der Waals surface area (Å²) in [7, 11) is 1.54. The number of hydrogen-bond donors (Lipinski definition) is 3. The first-order chi connectivity index (χ1) is 35.5. The number of amides is 1. The highest BCUT2D eigenvalue weighted by Gasteiger charge is 2.27. The van der Waals surface area contributed by atoms with E-state index in [-0.39, 0.29) is 19.1 Å². The number of quaternary nitrogens is 1. The molecular weight excluding hydrogens is 924 g/mol. The van der Waals surface area contributed by atoms with Gasteiger partial charge in [0.15, 0.2) is 0 Å². The van der Waals surface area contributed by atoms with E-state index in [2.05, 4.69) is 92.1 Å². The van der Waals surface area contributed by atoms with Crippen molar-refractivity contribution in [3.05, 3.63) is 85.1 Å². The second-order valence-electron chi connectivity index (χ2n) is 21.7. The van der Waals surface area contributed by atoms with Crippen molar-refractivity contribution in [3.8, 4) is 0 Å². The lowest BCUT2D eigenvalue weighted by molar-refractivity contribution is -0.870. The Morgan fingerprint density at radius 2 is 0.836 bits per heavy atom. The zero-order valence-electron chi connectivity index (χ0n) is 48.4. The van der Waals surface area contributed by atoms with Crippen LogP contribution in [0.1, 0.15) is 264 Å². The van der Waals surface area contributed by atoms with Gasteiger partial charge < -0.3 is 19.8 Å². The van der Waals surface area contributed by atoms with E-state index in [1.165, 1.54) is 167 Å². The van der Waals surface area contributed by atoms with Crippen molar-refractivity contribution in [2.24, 2.45) is 0 Å². The molecule has 1 amide bonds. The Morgan fingerprint density at radius 1 is 0.479 bits per heavy atom. The Morgan fingerprint density at radius 3 is 1.26 bits per heavy atom. The summed E-state index contributed by atoms with van der Waals surface area (Å²) < 4.78 is 23.7. The fourth-order valence-corrected chi connectivity index (χ4v) is 9.35. The predicted octanol–water partition coefficient (Wildman–Crippen LogP) is 18.8. The molecule has 73 heavy (non-hydrogen) atoms. The van der Waals surface area contributed by atoms with Gasteiger partial charge in [0.1, 0.15) is 13.2 Å². The van der Waals surface area contributed by atoms with E-state index in [9.17, 15) is 19.4 Å². The number of nitrogens with zero attached hydrogens (tertiary/aromatic N) is 1. The predicted molar refractivity (Wildman–Crippen MR) is 318 cm³/mol. The summed E-state index contributed by atoms with van der Waals surface area (Å²) >= 11 is 0. The van der Waals surface area contributed by atoms with Crippen molar-refractivity contribution < 1.29 is 32.9 Å². The number of carbonyl (C=O) groups excluding carboxylic acids is 1. The summed E-state index contributed by atoms with van der Waals surface area (Å²) in [5.41, 5.74) is 0.